The summed E-state index contributed by atoms with van der Waals surface area (Å²) in [4.78, 5) is 14.4. The van der Waals surface area contributed by atoms with E-state index in [1.165, 1.54) is 0 Å². The maximum atomic E-state index is 12.4. The molecule has 1 heterocycles. The third-order valence-corrected chi connectivity index (χ3v) is 4.17. The number of methoxy groups -OCH3 is 3. The monoisotopic (exact) mass is 358 g/mol. The zero-order chi connectivity index (χ0) is 16.8. The molecule has 7 heteroatoms. The van der Waals surface area contributed by atoms with Crippen molar-refractivity contribution < 1.29 is 19.0 Å². The Labute approximate surface area is 149 Å². The molecule has 1 fully saturated rings. The molecule has 136 valence electrons. The molecule has 1 atom stereocenters. The Hall–Kier alpha value is -1.66. The first-order valence-corrected chi connectivity index (χ1v) is 7.89. The number of aryl methyl sites for hydroxylation is 1. The fourth-order valence-electron chi connectivity index (χ4n) is 2.89. The van der Waals surface area contributed by atoms with E-state index in [1.54, 1.807) is 21.3 Å². The number of piperazine rings is 1. The molecule has 0 unspecified atom stereocenters. The second kappa shape index (κ2) is 9.59. The van der Waals surface area contributed by atoms with Gasteiger partial charge < -0.3 is 24.4 Å². The highest BCUT2D eigenvalue weighted by Gasteiger charge is 2.22. The van der Waals surface area contributed by atoms with Crippen molar-refractivity contribution in [2.45, 2.75) is 25.8 Å². The van der Waals surface area contributed by atoms with Gasteiger partial charge in [-0.1, -0.05) is 0 Å². The summed E-state index contributed by atoms with van der Waals surface area (Å²) in [5.41, 5.74) is 0.996. The molecule has 0 spiro atoms. The highest BCUT2D eigenvalue weighted by Crippen LogP contribution is 2.38. The first-order valence-electron chi connectivity index (χ1n) is 7.89. The van der Waals surface area contributed by atoms with Gasteiger partial charge in [-0.3, -0.25) is 4.79 Å². The second-order valence-electron chi connectivity index (χ2n) is 5.67. The van der Waals surface area contributed by atoms with Crippen molar-refractivity contribution in [3.05, 3.63) is 17.7 Å². The zero-order valence-electron chi connectivity index (χ0n) is 14.8. The summed E-state index contributed by atoms with van der Waals surface area (Å²) in [6, 6.07) is 4.04. The standard InChI is InChI=1S/C17H26N2O4.ClH/c1-12-11-18-7-8-19(12)16(20)6-5-13-9-14(21-2)17(23-4)15(10-13)22-3;/h9-10,12,18H,5-8,11H2,1-4H3;1H/t12-;/m0./s1. The van der Waals surface area contributed by atoms with Gasteiger partial charge >= 0.3 is 0 Å². The molecule has 1 aliphatic heterocycles. The van der Waals surface area contributed by atoms with E-state index in [0.29, 0.717) is 30.1 Å². The lowest BCUT2D eigenvalue weighted by Gasteiger charge is -2.34. The van der Waals surface area contributed by atoms with Crippen LogP contribution in [0.5, 0.6) is 17.2 Å². The summed E-state index contributed by atoms with van der Waals surface area (Å²) in [6.07, 6.45) is 1.12. The highest BCUT2D eigenvalue weighted by molar-refractivity contribution is 5.85. The van der Waals surface area contributed by atoms with E-state index in [1.807, 2.05) is 17.0 Å². The predicted octanol–water partition coefficient (Wildman–Crippen LogP) is 1.89. The van der Waals surface area contributed by atoms with Crippen LogP contribution in [0.25, 0.3) is 0 Å². The Balaban J connectivity index is 0.00000288. The molecule has 1 amide bonds. The van der Waals surface area contributed by atoms with Crippen LogP contribution in [0.1, 0.15) is 18.9 Å². The third-order valence-electron chi connectivity index (χ3n) is 4.17. The van der Waals surface area contributed by atoms with Crippen molar-refractivity contribution in [2.24, 2.45) is 0 Å². The van der Waals surface area contributed by atoms with Gasteiger partial charge in [-0.05, 0) is 31.0 Å². The van der Waals surface area contributed by atoms with E-state index in [9.17, 15) is 4.79 Å². The molecule has 1 aromatic carbocycles. The number of carbonyl (C=O) groups excluding carboxylic acids is 1. The molecule has 1 N–H and O–H groups in total. The quantitative estimate of drug-likeness (QED) is 0.841. The van der Waals surface area contributed by atoms with E-state index in [2.05, 4.69) is 12.2 Å². The Morgan fingerprint density at radius 1 is 1.21 bits per heavy atom. The maximum Gasteiger partial charge on any atom is 0.223 e. The zero-order valence-corrected chi connectivity index (χ0v) is 15.6. The normalized spacial score (nSPS) is 17.0. The van der Waals surface area contributed by atoms with E-state index in [4.69, 9.17) is 14.2 Å². The number of hydrogen-bond acceptors (Lipinski definition) is 5. The van der Waals surface area contributed by atoms with Crippen molar-refractivity contribution in [1.29, 1.82) is 0 Å². The number of halogens is 1. The molecule has 0 aromatic heterocycles. The molecule has 0 bridgehead atoms. The molecule has 6 nitrogen and oxygen atoms in total. The van der Waals surface area contributed by atoms with Crippen molar-refractivity contribution >= 4 is 18.3 Å². The lowest BCUT2D eigenvalue weighted by atomic mass is 10.1. The molecule has 0 saturated carbocycles. The number of nitrogens with zero attached hydrogens (tertiary/aromatic N) is 1. The van der Waals surface area contributed by atoms with Crippen LogP contribution in [0.3, 0.4) is 0 Å². The van der Waals surface area contributed by atoms with Crippen LogP contribution < -0.4 is 19.5 Å². The average Bonchev–Trinajstić information content (AvgIpc) is 2.58. The van der Waals surface area contributed by atoms with E-state index < -0.39 is 0 Å². The van der Waals surface area contributed by atoms with Crippen LogP contribution in [0.15, 0.2) is 12.1 Å². The minimum Gasteiger partial charge on any atom is -0.493 e. The summed E-state index contributed by atoms with van der Waals surface area (Å²) in [5, 5.41) is 3.30. The average molecular weight is 359 g/mol. The summed E-state index contributed by atoms with van der Waals surface area (Å²) < 4.78 is 16.0. The van der Waals surface area contributed by atoms with Gasteiger partial charge in [0.05, 0.1) is 21.3 Å². The molecular weight excluding hydrogens is 332 g/mol. The molecule has 1 aromatic rings. The van der Waals surface area contributed by atoms with E-state index in [-0.39, 0.29) is 24.4 Å². The molecule has 0 aliphatic carbocycles. The first kappa shape index (κ1) is 20.4. The number of hydrogen-bond donors (Lipinski definition) is 1. The van der Waals surface area contributed by atoms with Crippen molar-refractivity contribution in [2.75, 3.05) is 41.0 Å². The smallest absolute Gasteiger partial charge is 0.223 e. The number of benzene rings is 1. The topological polar surface area (TPSA) is 60.0 Å². The predicted molar refractivity (Wildman–Crippen MR) is 95.7 cm³/mol. The van der Waals surface area contributed by atoms with Crippen molar-refractivity contribution in [3.63, 3.8) is 0 Å². The van der Waals surface area contributed by atoms with Gasteiger partial charge in [0.25, 0.3) is 0 Å². The van der Waals surface area contributed by atoms with Gasteiger partial charge in [0, 0.05) is 32.1 Å². The van der Waals surface area contributed by atoms with Gasteiger partial charge in [0.2, 0.25) is 11.7 Å². The van der Waals surface area contributed by atoms with E-state index >= 15 is 0 Å². The van der Waals surface area contributed by atoms with Crippen molar-refractivity contribution in [3.8, 4) is 17.2 Å². The number of amides is 1. The van der Waals surface area contributed by atoms with Crippen LogP contribution in [-0.2, 0) is 11.2 Å². The SMILES string of the molecule is COc1cc(CCC(=O)N2CCNC[C@@H]2C)cc(OC)c1OC.Cl. The van der Waals surface area contributed by atoms with Crippen LogP contribution >= 0.6 is 12.4 Å². The third kappa shape index (κ3) is 4.68. The summed E-state index contributed by atoms with van der Waals surface area (Å²) in [7, 11) is 4.76. The molecule has 24 heavy (non-hydrogen) atoms. The molecule has 1 aliphatic rings. The maximum absolute atomic E-state index is 12.4. The number of rotatable bonds is 6. The molecule has 0 radical (unpaired) electrons. The van der Waals surface area contributed by atoms with Crippen LogP contribution in [0, 0.1) is 0 Å². The fourth-order valence-corrected chi connectivity index (χ4v) is 2.89. The Morgan fingerprint density at radius 2 is 1.83 bits per heavy atom. The fraction of sp³-hybridized carbons (Fsp3) is 0.588. The minimum atomic E-state index is 0. The molecule has 1 saturated heterocycles. The van der Waals surface area contributed by atoms with Crippen molar-refractivity contribution in [1.82, 2.24) is 10.2 Å². The van der Waals surface area contributed by atoms with Gasteiger partial charge in [0.15, 0.2) is 11.5 Å². The molecular formula is C17H27ClN2O4. The second-order valence-corrected chi connectivity index (χ2v) is 5.67. The Morgan fingerprint density at radius 3 is 2.33 bits per heavy atom. The lowest BCUT2D eigenvalue weighted by molar-refractivity contribution is -0.133. The van der Waals surface area contributed by atoms with Gasteiger partial charge in [-0.25, -0.2) is 0 Å². The van der Waals surface area contributed by atoms with Gasteiger partial charge in [-0.15, -0.1) is 12.4 Å². The molecule has 2 rings (SSSR count). The number of ether oxygens (including phenoxy) is 3. The van der Waals surface area contributed by atoms with Gasteiger partial charge in [0.1, 0.15) is 0 Å². The van der Waals surface area contributed by atoms with Crippen LogP contribution in [0.4, 0.5) is 0 Å². The Bertz CT molecular complexity index is 528. The van der Waals surface area contributed by atoms with E-state index in [0.717, 1.165) is 25.2 Å². The number of nitrogens with one attached hydrogen (secondary N) is 1. The first-order chi connectivity index (χ1) is 11.1. The largest absolute Gasteiger partial charge is 0.493 e. The van der Waals surface area contributed by atoms with Crippen LogP contribution in [0.2, 0.25) is 0 Å². The van der Waals surface area contributed by atoms with Gasteiger partial charge in [-0.2, -0.15) is 0 Å². The minimum absolute atomic E-state index is 0. The summed E-state index contributed by atoms with van der Waals surface area (Å²) in [5.74, 6) is 1.99. The lowest BCUT2D eigenvalue weighted by Crippen LogP contribution is -2.52. The summed E-state index contributed by atoms with van der Waals surface area (Å²) >= 11 is 0. The summed E-state index contributed by atoms with van der Waals surface area (Å²) in [6.45, 7) is 4.56. The Kier molecular flexibility index (Phi) is 8.15. The van der Waals surface area contributed by atoms with Crippen LogP contribution in [-0.4, -0.2) is 57.8 Å². The number of carbonyl (C=O) groups is 1. The highest BCUT2D eigenvalue weighted by atomic mass is 35.5.